The van der Waals surface area contributed by atoms with Gasteiger partial charge in [-0.1, -0.05) is 12.1 Å². The second-order valence-electron chi connectivity index (χ2n) is 6.98. The van der Waals surface area contributed by atoms with E-state index in [1.165, 1.54) is 24.3 Å². The normalized spacial score (nSPS) is 13.1. The van der Waals surface area contributed by atoms with E-state index in [2.05, 4.69) is 20.3 Å². The molecule has 0 bridgehead atoms. The van der Waals surface area contributed by atoms with E-state index < -0.39 is 32.2 Å². The third kappa shape index (κ3) is 4.82. The average molecular weight is 471 g/mol. The minimum absolute atomic E-state index is 0.00787. The maximum absolute atomic E-state index is 13.4. The Balaban J connectivity index is 1.53. The molecule has 33 heavy (non-hydrogen) atoms. The predicted octanol–water partition coefficient (Wildman–Crippen LogP) is 4.39. The number of hydrogen-bond donors (Lipinski definition) is 2. The van der Waals surface area contributed by atoms with E-state index in [-0.39, 0.29) is 12.1 Å². The van der Waals surface area contributed by atoms with Crippen LogP contribution in [0.2, 0.25) is 0 Å². The Bertz CT molecular complexity index is 1460. The Morgan fingerprint density at radius 2 is 1.79 bits per heavy atom. The number of fused-ring (bicyclic) bond motifs is 1. The minimum atomic E-state index is -4.32. The first-order valence-corrected chi connectivity index (χ1v) is 11.2. The van der Waals surface area contributed by atoms with Gasteiger partial charge in [0, 0.05) is 17.1 Å². The lowest BCUT2D eigenvalue weighted by Gasteiger charge is -2.09. The van der Waals surface area contributed by atoms with Gasteiger partial charge in [-0.25, -0.2) is 19.0 Å². The fourth-order valence-corrected chi connectivity index (χ4v) is 3.84. The number of aromatic nitrogens is 3. The first kappa shape index (κ1) is 22.3. The van der Waals surface area contributed by atoms with Crippen molar-refractivity contribution in [1.82, 2.24) is 20.3 Å². The predicted molar refractivity (Wildman–Crippen MR) is 115 cm³/mol. The highest BCUT2D eigenvalue weighted by Gasteiger charge is 2.23. The number of nitrogens with one attached hydrogen (secondary N) is 2. The van der Waals surface area contributed by atoms with E-state index in [0.29, 0.717) is 22.6 Å². The van der Waals surface area contributed by atoms with Crippen LogP contribution in [0.5, 0.6) is 0 Å². The molecule has 1 aromatic carbocycles. The molecule has 0 saturated carbocycles. The number of rotatable bonds is 6. The molecule has 1 amide bonds. The van der Waals surface area contributed by atoms with Gasteiger partial charge >= 0.3 is 5.76 Å². The Kier molecular flexibility index (Phi) is 6.05. The molecule has 3 heterocycles. The number of benzene rings is 1. The van der Waals surface area contributed by atoms with Crippen LogP contribution in [0.4, 0.5) is 13.2 Å². The molecule has 0 spiro atoms. The number of alkyl halides is 2. The molecule has 11 heteroatoms. The van der Waals surface area contributed by atoms with Crippen molar-refractivity contribution in [2.24, 2.45) is 0 Å². The molecule has 2 N–H and O–H groups in total. The Labute approximate surface area is 186 Å². The fourth-order valence-electron chi connectivity index (χ4n) is 3.05. The molecule has 7 nitrogen and oxygen atoms in total. The van der Waals surface area contributed by atoms with E-state index in [1.807, 2.05) is 0 Å². The summed E-state index contributed by atoms with van der Waals surface area (Å²) >= 11 is 0. The van der Waals surface area contributed by atoms with Crippen molar-refractivity contribution < 1.29 is 22.2 Å². The van der Waals surface area contributed by atoms with Crippen LogP contribution >= 0.6 is 0 Å². The summed E-state index contributed by atoms with van der Waals surface area (Å²) in [5.41, 5.74) is 1.87. The SMILES string of the molecule is N=S(=O)(c1cccc(C(=O)NCc2cc3nc(-c4cccc(F)n4)ccc3cn2)c1)C(F)F. The highest BCUT2D eigenvalue weighted by molar-refractivity contribution is 7.92. The average Bonchev–Trinajstić information content (AvgIpc) is 2.82. The molecule has 1 unspecified atom stereocenters. The van der Waals surface area contributed by atoms with Gasteiger partial charge in [-0.2, -0.15) is 13.2 Å². The summed E-state index contributed by atoms with van der Waals surface area (Å²) in [6.45, 7) is 0.00816. The quantitative estimate of drug-likeness (QED) is 0.406. The summed E-state index contributed by atoms with van der Waals surface area (Å²) in [4.78, 5) is 24.6. The fraction of sp³-hybridized carbons (Fsp3) is 0.0909. The molecule has 4 rings (SSSR count). The Morgan fingerprint density at radius 1 is 1.03 bits per heavy atom. The number of nitrogens with zero attached hydrogens (tertiary/aromatic N) is 3. The molecule has 1 atom stereocenters. The molecule has 0 radical (unpaired) electrons. The van der Waals surface area contributed by atoms with Crippen molar-refractivity contribution in [2.75, 3.05) is 0 Å². The molecule has 0 aliphatic rings. The smallest absolute Gasteiger partial charge is 0.323 e. The van der Waals surface area contributed by atoms with Gasteiger partial charge in [0.2, 0.25) is 5.95 Å². The Hall–Kier alpha value is -3.86. The van der Waals surface area contributed by atoms with Crippen LogP contribution in [-0.4, -0.2) is 30.8 Å². The van der Waals surface area contributed by atoms with Crippen molar-refractivity contribution in [3.8, 4) is 11.4 Å². The number of amides is 1. The molecular formula is C22H16F3N5O2S. The van der Waals surface area contributed by atoms with Gasteiger partial charge in [0.1, 0.15) is 9.73 Å². The lowest BCUT2D eigenvalue weighted by atomic mass is 10.2. The number of carbonyl (C=O) groups excluding carboxylic acids is 1. The zero-order chi connectivity index (χ0) is 23.6. The molecule has 0 aliphatic heterocycles. The standard InChI is InChI=1S/C22H16F3N5O2S/c23-20-6-2-5-17(30-20)18-8-7-14-11-27-15(10-19(14)29-18)12-28-21(31)13-3-1-4-16(9-13)33(26,32)22(24)25/h1-11,22,26H,12H2,(H,28,31). The lowest BCUT2D eigenvalue weighted by molar-refractivity contribution is 0.0950. The van der Waals surface area contributed by atoms with Crippen molar-refractivity contribution in [2.45, 2.75) is 17.2 Å². The maximum atomic E-state index is 13.4. The monoisotopic (exact) mass is 471 g/mol. The van der Waals surface area contributed by atoms with E-state index in [4.69, 9.17) is 4.78 Å². The molecular weight excluding hydrogens is 455 g/mol. The topological polar surface area (TPSA) is 109 Å². The van der Waals surface area contributed by atoms with Crippen molar-refractivity contribution >= 4 is 26.5 Å². The van der Waals surface area contributed by atoms with Gasteiger partial charge in [-0.05, 0) is 48.5 Å². The first-order chi connectivity index (χ1) is 15.7. The second kappa shape index (κ2) is 8.94. The summed E-state index contributed by atoms with van der Waals surface area (Å²) in [5.74, 6) is -4.59. The van der Waals surface area contributed by atoms with Gasteiger partial charge in [0.25, 0.3) is 5.91 Å². The third-order valence-corrected chi connectivity index (χ3v) is 6.19. The molecule has 4 aromatic rings. The van der Waals surface area contributed by atoms with Crippen LogP contribution in [-0.2, 0) is 16.3 Å². The Morgan fingerprint density at radius 3 is 2.55 bits per heavy atom. The van der Waals surface area contributed by atoms with E-state index in [0.717, 1.165) is 17.5 Å². The minimum Gasteiger partial charge on any atom is -0.346 e. The molecule has 168 valence electrons. The zero-order valence-electron chi connectivity index (χ0n) is 16.8. The van der Waals surface area contributed by atoms with Gasteiger partial charge in [0.15, 0.2) is 0 Å². The van der Waals surface area contributed by atoms with Crippen LogP contribution in [0.25, 0.3) is 22.3 Å². The summed E-state index contributed by atoms with van der Waals surface area (Å²) < 4.78 is 58.4. The van der Waals surface area contributed by atoms with Gasteiger partial charge in [-0.15, -0.1) is 0 Å². The van der Waals surface area contributed by atoms with Crippen LogP contribution in [0.3, 0.4) is 0 Å². The van der Waals surface area contributed by atoms with Crippen molar-refractivity contribution in [3.05, 3.63) is 84.1 Å². The first-order valence-electron chi connectivity index (χ1n) is 9.57. The number of carbonyl (C=O) groups is 1. The molecule has 3 aromatic heterocycles. The van der Waals surface area contributed by atoms with E-state index in [1.54, 1.807) is 30.5 Å². The van der Waals surface area contributed by atoms with Gasteiger partial charge in [0.05, 0.1) is 34.0 Å². The lowest BCUT2D eigenvalue weighted by Crippen LogP contribution is -2.23. The van der Waals surface area contributed by atoms with Crippen molar-refractivity contribution in [1.29, 1.82) is 4.78 Å². The largest absolute Gasteiger partial charge is 0.346 e. The van der Waals surface area contributed by atoms with Crippen LogP contribution in [0.15, 0.2) is 71.8 Å². The van der Waals surface area contributed by atoms with Crippen LogP contribution in [0, 0.1) is 10.7 Å². The maximum Gasteiger partial charge on any atom is 0.323 e. The third-order valence-electron chi connectivity index (χ3n) is 4.74. The number of pyridine rings is 3. The second-order valence-corrected chi connectivity index (χ2v) is 9.01. The molecule has 0 saturated heterocycles. The van der Waals surface area contributed by atoms with Crippen molar-refractivity contribution in [3.63, 3.8) is 0 Å². The van der Waals surface area contributed by atoms with E-state index >= 15 is 0 Å². The molecule has 0 fully saturated rings. The van der Waals surface area contributed by atoms with Crippen LogP contribution in [0.1, 0.15) is 16.1 Å². The summed E-state index contributed by atoms with van der Waals surface area (Å²) in [5, 5.41) is 3.34. The summed E-state index contributed by atoms with van der Waals surface area (Å²) in [7, 11) is -4.32. The number of hydrogen-bond acceptors (Lipinski definition) is 6. The van der Waals surface area contributed by atoms with Gasteiger partial charge in [-0.3, -0.25) is 9.78 Å². The van der Waals surface area contributed by atoms with Gasteiger partial charge < -0.3 is 5.32 Å². The van der Waals surface area contributed by atoms with Crippen LogP contribution < -0.4 is 5.32 Å². The highest BCUT2D eigenvalue weighted by Crippen LogP contribution is 2.21. The highest BCUT2D eigenvalue weighted by atomic mass is 32.2. The summed E-state index contributed by atoms with van der Waals surface area (Å²) in [6.07, 6.45) is 1.57. The van der Waals surface area contributed by atoms with E-state index in [9.17, 15) is 22.2 Å². The summed E-state index contributed by atoms with van der Waals surface area (Å²) in [6, 6.07) is 14.3. The zero-order valence-corrected chi connectivity index (χ0v) is 17.7. The number of halogens is 3. The molecule has 0 aliphatic carbocycles.